The first-order valence-corrected chi connectivity index (χ1v) is 7.12. The van der Waals surface area contributed by atoms with Crippen molar-refractivity contribution in [3.8, 4) is 0 Å². The van der Waals surface area contributed by atoms with Crippen LogP contribution in [0.1, 0.15) is 37.3 Å². The second-order valence-electron chi connectivity index (χ2n) is 5.07. The van der Waals surface area contributed by atoms with Crippen molar-refractivity contribution in [2.24, 2.45) is 0 Å². The van der Waals surface area contributed by atoms with Gasteiger partial charge < -0.3 is 5.32 Å². The van der Waals surface area contributed by atoms with Crippen molar-refractivity contribution in [2.45, 2.75) is 32.2 Å². The third kappa shape index (κ3) is 3.47. The molecule has 0 heterocycles. The van der Waals surface area contributed by atoms with Crippen molar-refractivity contribution in [2.75, 3.05) is 0 Å². The molecule has 1 N–H and O–H groups in total. The summed E-state index contributed by atoms with van der Waals surface area (Å²) in [7, 11) is 0. The first-order chi connectivity index (χ1) is 9.72. The SMILES string of the molecule is CC[C@@H](C)NC(=O)C(c1ccccc1)c1ccccc1. The minimum absolute atomic E-state index is 0.0664. The Hall–Kier alpha value is -2.09. The second-order valence-corrected chi connectivity index (χ2v) is 5.07. The van der Waals surface area contributed by atoms with Gasteiger partial charge in [0.25, 0.3) is 0 Å². The van der Waals surface area contributed by atoms with E-state index in [0.717, 1.165) is 17.5 Å². The lowest BCUT2D eigenvalue weighted by Gasteiger charge is -2.20. The van der Waals surface area contributed by atoms with Gasteiger partial charge in [0.15, 0.2) is 0 Å². The predicted molar refractivity (Wildman–Crippen MR) is 82.6 cm³/mol. The highest BCUT2D eigenvalue weighted by Crippen LogP contribution is 2.24. The normalized spacial score (nSPS) is 12.2. The van der Waals surface area contributed by atoms with Crippen LogP contribution in [0.4, 0.5) is 0 Å². The molecule has 20 heavy (non-hydrogen) atoms. The molecule has 104 valence electrons. The molecule has 0 bridgehead atoms. The number of carbonyl (C=O) groups is 1. The molecule has 0 saturated heterocycles. The standard InChI is InChI=1S/C18H21NO/c1-3-14(2)19-18(20)17(15-10-6-4-7-11-15)16-12-8-5-9-13-16/h4-14,17H,3H2,1-2H3,(H,19,20)/t14-/m1/s1. The van der Waals surface area contributed by atoms with E-state index in [4.69, 9.17) is 0 Å². The highest BCUT2D eigenvalue weighted by atomic mass is 16.1. The molecule has 2 heteroatoms. The van der Waals surface area contributed by atoms with Crippen LogP contribution in [0.2, 0.25) is 0 Å². The van der Waals surface area contributed by atoms with Crippen LogP contribution in [0, 0.1) is 0 Å². The van der Waals surface area contributed by atoms with Gasteiger partial charge in [-0.3, -0.25) is 4.79 Å². The Morgan fingerprint density at radius 2 is 1.40 bits per heavy atom. The summed E-state index contributed by atoms with van der Waals surface area (Å²) in [5.74, 6) is -0.178. The van der Waals surface area contributed by atoms with Crippen molar-refractivity contribution in [3.05, 3.63) is 71.8 Å². The Morgan fingerprint density at radius 3 is 1.80 bits per heavy atom. The van der Waals surface area contributed by atoms with Crippen molar-refractivity contribution < 1.29 is 4.79 Å². The van der Waals surface area contributed by atoms with Crippen LogP contribution in [0.5, 0.6) is 0 Å². The van der Waals surface area contributed by atoms with Gasteiger partial charge in [0.1, 0.15) is 0 Å². The molecule has 0 unspecified atom stereocenters. The van der Waals surface area contributed by atoms with E-state index in [0.29, 0.717) is 0 Å². The number of nitrogens with one attached hydrogen (secondary N) is 1. The predicted octanol–water partition coefficient (Wildman–Crippen LogP) is 3.73. The van der Waals surface area contributed by atoms with E-state index in [2.05, 4.69) is 12.2 Å². The minimum Gasteiger partial charge on any atom is -0.353 e. The smallest absolute Gasteiger partial charge is 0.232 e. The van der Waals surface area contributed by atoms with Crippen molar-refractivity contribution in [3.63, 3.8) is 0 Å². The Bertz CT molecular complexity index is 496. The van der Waals surface area contributed by atoms with E-state index in [1.807, 2.05) is 67.6 Å². The fourth-order valence-corrected chi connectivity index (χ4v) is 2.21. The lowest BCUT2D eigenvalue weighted by molar-refractivity contribution is -0.122. The van der Waals surface area contributed by atoms with Gasteiger partial charge in [-0.1, -0.05) is 67.6 Å². The topological polar surface area (TPSA) is 29.1 Å². The quantitative estimate of drug-likeness (QED) is 0.878. The Morgan fingerprint density at radius 1 is 0.950 bits per heavy atom. The highest BCUT2D eigenvalue weighted by molar-refractivity contribution is 5.87. The van der Waals surface area contributed by atoms with E-state index >= 15 is 0 Å². The van der Waals surface area contributed by atoms with Gasteiger partial charge >= 0.3 is 0 Å². The van der Waals surface area contributed by atoms with Gasteiger partial charge in [-0.25, -0.2) is 0 Å². The van der Waals surface area contributed by atoms with Gasteiger partial charge in [0.05, 0.1) is 5.92 Å². The molecule has 2 rings (SSSR count). The summed E-state index contributed by atoms with van der Waals surface area (Å²) >= 11 is 0. The van der Waals surface area contributed by atoms with Crippen LogP contribution in [0.25, 0.3) is 0 Å². The van der Waals surface area contributed by atoms with E-state index < -0.39 is 0 Å². The maximum atomic E-state index is 12.6. The van der Waals surface area contributed by atoms with E-state index in [9.17, 15) is 4.79 Å². The molecule has 0 spiro atoms. The summed E-state index contributed by atoms with van der Waals surface area (Å²) in [6.45, 7) is 4.11. The molecular weight excluding hydrogens is 246 g/mol. The highest BCUT2D eigenvalue weighted by Gasteiger charge is 2.23. The fraction of sp³-hybridized carbons (Fsp3) is 0.278. The molecule has 0 aliphatic carbocycles. The van der Waals surface area contributed by atoms with Gasteiger partial charge in [-0.15, -0.1) is 0 Å². The average Bonchev–Trinajstić information content (AvgIpc) is 2.49. The molecular formula is C18H21NO. The summed E-state index contributed by atoms with van der Waals surface area (Å²) in [5.41, 5.74) is 2.05. The number of rotatable bonds is 5. The van der Waals surface area contributed by atoms with Crippen LogP contribution < -0.4 is 5.32 Å². The van der Waals surface area contributed by atoms with E-state index in [1.165, 1.54) is 0 Å². The molecule has 2 aromatic carbocycles. The molecule has 1 atom stereocenters. The maximum Gasteiger partial charge on any atom is 0.232 e. The molecule has 0 radical (unpaired) electrons. The van der Waals surface area contributed by atoms with E-state index in [-0.39, 0.29) is 17.9 Å². The summed E-state index contributed by atoms with van der Waals surface area (Å²) in [4.78, 5) is 12.6. The van der Waals surface area contributed by atoms with Gasteiger partial charge in [-0.2, -0.15) is 0 Å². The number of benzene rings is 2. The molecule has 2 nitrogen and oxygen atoms in total. The van der Waals surface area contributed by atoms with Crippen LogP contribution >= 0.6 is 0 Å². The molecule has 2 aromatic rings. The molecule has 0 saturated carbocycles. The fourth-order valence-electron chi connectivity index (χ4n) is 2.21. The zero-order valence-electron chi connectivity index (χ0n) is 12.0. The average molecular weight is 267 g/mol. The number of hydrogen-bond acceptors (Lipinski definition) is 1. The Kier molecular flexibility index (Phi) is 4.94. The summed E-state index contributed by atoms with van der Waals surface area (Å²) < 4.78 is 0. The summed E-state index contributed by atoms with van der Waals surface area (Å²) in [6, 6.07) is 20.1. The number of hydrogen-bond donors (Lipinski definition) is 1. The third-order valence-corrected chi connectivity index (χ3v) is 3.53. The van der Waals surface area contributed by atoms with Gasteiger partial charge in [-0.05, 0) is 24.5 Å². The van der Waals surface area contributed by atoms with Crippen molar-refractivity contribution in [1.82, 2.24) is 5.32 Å². The third-order valence-electron chi connectivity index (χ3n) is 3.53. The Labute approximate surface area is 120 Å². The van der Waals surface area contributed by atoms with Gasteiger partial charge in [0.2, 0.25) is 5.91 Å². The van der Waals surface area contributed by atoms with E-state index in [1.54, 1.807) is 0 Å². The van der Waals surface area contributed by atoms with Gasteiger partial charge in [0, 0.05) is 6.04 Å². The Balaban J connectivity index is 2.33. The zero-order chi connectivity index (χ0) is 14.4. The minimum atomic E-state index is -0.244. The second kappa shape index (κ2) is 6.90. The summed E-state index contributed by atoms with van der Waals surface area (Å²) in [5, 5.41) is 3.09. The number of carbonyl (C=O) groups excluding carboxylic acids is 1. The lowest BCUT2D eigenvalue weighted by atomic mass is 9.90. The zero-order valence-corrected chi connectivity index (χ0v) is 12.0. The molecule has 0 aliphatic rings. The first-order valence-electron chi connectivity index (χ1n) is 7.12. The first kappa shape index (κ1) is 14.3. The monoisotopic (exact) mass is 267 g/mol. The summed E-state index contributed by atoms with van der Waals surface area (Å²) in [6.07, 6.45) is 0.933. The van der Waals surface area contributed by atoms with Crippen LogP contribution in [0.3, 0.4) is 0 Å². The lowest BCUT2D eigenvalue weighted by Crippen LogP contribution is -2.36. The molecule has 0 fully saturated rings. The number of amides is 1. The van der Waals surface area contributed by atoms with Crippen LogP contribution in [0.15, 0.2) is 60.7 Å². The van der Waals surface area contributed by atoms with Crippen molar-refractivity contribution in [1.29, 1.82) is 0 Å². The van der Waals surface area contributed by atoms with Crippen LogP contribution in [-0.2, 0) is 4.79 Å². The maximum absolute atomic E-state index is 12.6. The van der Waals surface area contributed by atoms with Crippen LogP contribution in [-0.4, -0.2) is 11.9 Å². The molecule has 0 aliphatic heterocycles. The largest absolute Gasteiger partial charge is 0.353 e. The molecule has 0 aromatic heterocycles. The molecule has 1 amide bonds. The van der Waals surface area contributed by atoms with Crippen molar-refractivity contribution >= 4 is 5.91 Å².